The lowest BCUT2D eigenvalue weighted by atomic mass is 10.0. The second-order valence-electron chi connectivity index (χ2n) is 16.0. The van der Waals surface area contributed by atoms with E-state index in [1.54, 1.807) is 13.8 Å². The SMILES string of the molecule is CC(C)[C@H](N)C(=O)N[C@@H](CCC(=O)O)C(=O)N[C@@H](CC(N)=O)C(=O)N[C@@H](Cc1cnc[nH]1)C(=O)N[C@H](C(=O)N[C@@H](C)C(=O)N[C@@H](CS)C(=O)N[C@@H](Cc1cnc[nH]1)C(=O)N[C@@H](CS)C(=O)O)[C@@H](C)O. The highest BCUT2D eigenvalue weighted by atomic mass is 32.1. The number of aliphatic hydroxyl groups is 1. The maximum Gasteiger partial charge on any atom is 0.327 e. The van der Waals surface area contributed by atoms with Crippen molar-refractivity contribution in [3.63, 3.8) is 0 Å². The molecule has 30 heteroatoms. The first-order valence-electron chi connectivity index (χ1n) is 21.1. The molecule has 0 aliphatic heterocycles. The van der Waals surface area contributed by atoms with Crippen molar-refractivity contribution in [3.8, 4) is 0 Å². The molecule has 0 unspecified atom stereocenters. The van der Waals surface area contributed by atoms with E-state index in [1.807, 2.05) is 0 Å². The molecule has 9 amide bonds. The molecule has 0 saturated carbocycles. The Bertz CT molecular complexity index is 2110. The fourth-order valence-electron chi connectivity index (χ4n) is 5.96. The Morgan fingerprint density at radius 1 is 0.594 bits per heavy atom. The van der Waals surface area contributed by atoms with Gasteiger partial charge in [0.1, 0.15) is 48.3 Å². The largest absolute Gasteiger partial charge is 0.481 e. The molecule has 69 heavy (non-hydrogen) atoms. The number of aliphatic carboxylic acids is 2. The fraction of sp³-hybridized carbons (Fsp3) is 0.564. The van der Waals surface area contributed by atoms with Gasteiger partial charge < -0.3 is 79.3 Å². The van der Waals surface area contributed by atoms with E-state index in [0.717, 1.165) is 6.92 Å². The lowest BCUT2D eigenvalue weighted by Gasteiger charge is -2.28. The van der Waals surface area contributed by atoms with Crippen LogP contribution in [0.15, 0.2) is 25.0 Å². The number of thiol groups is 2. The van der Waals surface area contributed by atoms with E-state index >= 15 is 0 Å². The molecular formula is C39H60N14O14S2. The number of nitrogens with zero attached hydrogens (tertiary/aromatic N) is 2. The number of rotatable bonds is 30. The van der Waals surface area contributed by atoms with Crippen LogP contribution in [-0.4, -0.2) is 172 Å². The van der Waals surface area contributed by atoms with E-state index in [-0.39, 0.29) is 36.0 Å². The Hall–Kier alpha value is -6.79. The van der Waals surface area contributed by atoms with Crippen LogP contribution in [0.2, 0.25) is 0 Å². The Morgan fingerprint density at radius 2 is 1.03 bits per heavy atom. The number of amides is 9. The van der Waals surface area contributed by atoms with E-state index in [1.165, 1.54) is 32.0 Å². The average molecular weight is 1010 g/mol. The second-order valence-corrected chi connectivity index (χ2v) is 16.7. The van der Waals surface area contributed by atoms with Gasteiger partial charge >= 0.3 is 11.9 Å². The van der Waals surface area contributed by atoms with Crippen LogP contribution in [0.3, 0.4) is 0 Å². The van der Waals surface area contributed by atoms with Crippen molar-refractivity contribution in [2.75, 3.05) is 11.5 Å². The second kappa shape index (κ2) is 28.5. The zero-order valence-corrected chi connectivity index (χ0v) is 39.7. The minimum atomic E-state index is -1.82. The van der Waals surface area contributed by atoms with Gasteiger partial charge in [-0.25, -0.2) is 14.8 Å². The summed E-state index contributed by atoms with van der Waals surface area (Å²) in [6.45, 7) is 5.57. The third kappa shape index (κ3) is 19.8. The van der Waals surface area contributed by atoms with Gasteiger partial charge in [-0.3, -0.25) is 47.9 Å². The summed E-state index contributed by atoms with van der Waals surface area (Å²) in [7, 11) is 0. The first-order chi connectivity index (χ1) is 32.4. The monoisotopic (exact) mass is 1010 g/mol. The van der Waals surface area contributed by atoms with Gasteiger partial charge in [-0.2, -0.15) is 25.3 Å². The number of carboxylic acids is 2. The predicted molar refractivity (Wildman–Crippen MR) is 246 cm³/mol. The van der Waals surface area contributed by atoms with Crippen LogP contribution in [0.4, 0.5) is 0 Å². The summed E-state index contributed by atoms with van der Waals surface area (Å²) in [4.78, 5) is 155. The number of nitrogens with one attached hydrogen (secondary N) is 10. The number of imidazole rings is 2. The fourth-order valence-corrected chi connectivity index (χ4v) is 6.47. The van der Waals surface area contributed by atoms with Gasteiger partial charge in [0.15, 0.2) is 0 Å². The molecule has 0 radical (unpaired) electrons. The maximum absolute atomic E-state index is 13.9. The van der Waals surface area contributed by atoms with E-state index in [0.29, 0.717) is 5.69 Å². The zero-order chi connectivity index (χ0) is 52.1. The number of aromatic amines is 2. The van der Waals surface area contributed by atoms with Crippen LogP contribution in [0, 0.1) is 5.92 Å². The zero-order valence-electron chi connectivity index (χ0n) is 37.9. The van der Waals surface area contributed by atoms with E-state index < -0.39 is 145 Å². The van der Waals surface area contributed by atoms with Crippen LogP contribution in [0.5, 0.6) is 0 Å². The van der Waals surface area contributed by atoms with Gasteiger partial charge in [0.2, 0.25) is 53.2 Å². The van der Waals surface area contributed by atoms with Gasteiger partial charge in [-0.05, 0) is 26.2 Å². The summed E-state index contributed by atoms with van der Waals surface area (Å²) in [6, 6.07) is -13.6. The minimum absolute atomic E-state index is 0.175. The highest BCUT2D eigenvalue weighted by Gasteiger charge is 2.36. The number of carbonyl (C=O) groups is 11. The molecule has 28 nitrogen and oxygen atoms in total. The van der Waals surface area contributed by atoms with Crippen molar-refractivity contribution >= 4 is 90.4 Å². The van der Waals surface area contributed by atoms with Crippen molar-refractivity contribution in [2.45, 2.75) is 120 Å². The first kappa shape index (κ1) is 58.3. The first-order valence-corrected chi connectivity index (χ1v) is 22.4. The molecule has 0 aliphatic rings. The number of aromatic nitrogens is 4. The normalized spacial score (nSPS) is 15.4. The topological polar surface area (TPSA) is 454 Å². The number of H-pyrrole nitrogens is 2. The molecule has 10 atom stereocenters. The molecule has 2 aromatic heterocycles. The van der Waals surface area contributed by atoms with Gasteiger partial charge in [-0.1, -0.05) is 13.8 Å². The number of hydrogen-bond donors (Lipinski definition) is 17. The van der Waals surface area contributed by atoms with E-state index in [2.05, 4.69) is 87.7 Å². The summed E-state index contributed by atoms with van der Waals surface area (Å²) in [5.41, 5.74) is 11.9. The molecule has 382 valence electrons. The molecule has 0 aromatic carbocycles. The van der Waals surface area contributed by atoms with Crippen molar-refractivity contribution in [1.82, 2.24) is 62.5 Å². The summed E-state index contributed by atoms with van der Waals surface area (Å²) >= 11 is 8.05. The minimum Gasteiger partial charge on any atom is -0.481 e. The summed E-state index contributed by atoms with van der Waals surface area (Å²) in [6.07, 6.45) is 1.12. The predicted octanol–water partition coefficient (Wildman–Crippen LogP) is -6.14. The highest BCUT2D eigenvalue weighted by Crippen LogP contribution is 2.08. The van der Waals surface area contributed by atoms with E-state index in [9.17, 15) is 68.1 Å². The van der Waals surface area contributed by atoms with Crippen molar-refractivity contribution in [1.29, 1.82) is 0 Å². The number of primary amides is 1. The van der Waals surface area contributed by atoms with Crippen LogP contribution in [-0.2, 0) is 65.6 Å². The quantitative estimate of drug-likeness (QED) is 0.0324. The summed E-state index contributed by atoms with van der Waals surface area (Å²) in [5, 5.41) is 47.9. The molecule has 2 heterocycles. The number of aliphatic hydroxyl groups excluding tert-OH is 1. The molecule has 0 saturated heterocycles. The van der Waals surface area contributed by atoms with Gasteiger partial charge in [0, 0.05) is 54.5 Å². The highest BCUT2D eigenvalue weighted by molar-refractivity contribution is 7.80. The Balaban J connectivity index is 2.26. The standard InChI is InChI=1S/C39H60N14O14S2/c1-16(2)29(41)37(64)47-21(5-6-28(56)57)32(59)50-24(9-27(40)55)34(61)48-23(8-20-11-43-15-45-20)35(62)53-30(18(4)54)38(65)46-17(3)31(58)51-25(12-68)36(63)49-22(7-19-10-42-14-44-19)33(60)52-26(13-69)39(66)67/h10-11,14-18,21-26,29-30,54,68-69H,5-9,12-13,41H2,1-4H3,(H2,40,55)(H,42,44)(H,43,45)(H,46,65)(H,47,64)(H,48,61)(H,49,63)(H,50,59)(H,51,58)(H,52,60)(H,53,62)(H,56,57)(H,66,67)/t17-,18+,21-,22-,23-,24-,25-,26-,29-,30-/m0/s1. The summed E-state index contributed by atoms with van der Waals surface area (Å²) < 4.78 is 0. The van der Waals surface area contributed by atoms with E-state index in [4.69, 9.17) is 11.5 Å². The average Bonchev–Trinajstić information content (AvgIpc) is 4.00. The molecule has 2 aromatic rings. The molecule has 17 N–H and O–H groups in total. The lowest BCUT2D eigenvalue weighted by Crippen LogP contribution is -2.62. The van der Waals surface area contributed by atoms with Crippen LogP contribution < -0.4 is 54.0 Å². The van der Waals surface area contributed by atoms with Gasteiger partial charge in [-0.15, -0.1) is 0 Å². The molecular weight excluding hydrogens is 953 g/mol. The van der Waals surface area contributed by atoms with Gasteiger partial charge in [0.05, 0.1) is 31.2 Å². The number of nitrogens with two attached hydrogens (primary N) is 2. The maximum atomic E-state index is 13.9. The van der Waals surface area contributed by atoms with Gasteiger partial charge in [0.25, 0.3) is 0 Å². The third-order valence-corrected chi connectivity index (χ3v) is 10.7. The van der Waals surface area contributed by atoms with Crippen molar-refractivity contribution in [3.05, 3.63) is 36.4 Å². The van der Waals surface area contributed by atoms with Crippen molar-refractivity contribution in [2.24, 2.45) is 17.4 Å². The molecule has 0 aliphatic carbocycles. The third-order valence-electron chi connectivity index (χ3n) is 9.99. The van der Waals surface area contributed by atoms with Crippen LogP contribution in [0.1, 0.15) is 58.3 Å². The Morgan fingerprint density at radius 3 is 1.46 bits per heavy atom. The number of carboxylic acid groups (broad SMARTS) is 2. The smallest absolute Gasteiger partial charge is 0.327 e. The van der Waals surface area contributed by atoms with Crippen molar-refractivity contribution < 1.29 is 68.1 Å². The molecule has 2 rings (SSSR count). The van der Waals surface area contributed by atoms with Crippen LogP contribution >= 0.6 is 25.3 Å². The Labute approximate surface area is 405 Å². The number of hydrogen-bond acceptors (Lipinski definition) is 17. The lowest BCUT2D eigenvalue weighted by molar-refractivity contribution is -0.141. The molecule has 0 bridgehead atoms. The number of carbonyl (C=O) groups excluding carboxylic acids is 9. The Kier molecular flexibility index (Phi) is 24.1. The molecule has 0 fully saturated rings. The van der Waals surface area contributed by atoms with Crippen LogP contribution in [0.25, 0.3) is 0 Å². The summed E-state index contributed by atoms with van der Waals surface area (Å²) in [5.74, 6) is -12.9. The molecule has 0 spiro atoms.